The van der Waals surface area contributed by atoms with E-state index in [9.17, 15) is 0 Å². The number of methoxy groups -OCH3 is 1. The number of rotatable bonds is 8. The van der Waals surface area contributed by atoms with E-state index in [1.807, 2.05) is 0 Å². The first kappa shape index (κ1) is 23.6. The lowest BCUT2D eigenvalue weighted by Crippen LogP contribution is -2.48. The molecule has 1 aliphatic rings. The highest BCUT2D eigenvalue weighted by Gasteiger charge is 2.19. The maximum Gasteiger partial charge on any atom is 0.191 e. The minimum atomic E-state index is 0. The van der Waals surface area contributed by atoms with Crippen molar-refractivity contribution >= 4 is 41.3 Å². The highest BCUT2D eigenvalue weighted by molar-refractivity contribution is 14.0. The van der Waals surface area contributed by atoms with Gasteiger partial charge in [0.2, 0.25) is 0 Å². The molecule has 1 fully saturated rings. The quantitative estimate of drug-likeness (QED) is 0.251. The number of hydrogen-bond donors (Lipinski definition) is 2. The molecule has 1 aromatic rings. The number of hydrogen-bond acceptors (Lipinski definition) is 5. The number of halogens is 1. The zero-order valence-corrected chi connectivity index (χ0v) is 19.7. The number of likely N-dealkylation sites (tertiary alicyclic amines) is 1. The summed E-state index contributed by atoms with van der Waals surface area (Å²) in [5.74, 6) is 0.908. The lowest BCUT2D eigenvalue weighted by Gasteiger charge is -2.33. The fourth-order valence-electron chi connectivity index (χ4n) is 3.00. The minimum absolute atomic E-state index is 0. The van der Waals surface area contributed by atoms with Crippen molar-refractivity contribution in [1.29, 1.82) is 0 Å². The second-order valence-corrected chi connectivity index (χ2v) is 7.84. The van der Waals surface area contributed by atoms with Crippen molar-refractivity contribution in [1.82, 2.24) is 20.5 Å². The summed E-state index contributed by atoms with van der Waals surface area (Å²) < 4.78 is 5.14. The molecule has 8 heteroatoms. The fraction of sp³-hybridized carbons (Fsp3) is 0.778. The third kappa shape index (κ3) is 8.06. The van der Waals surface area contributed by atoms with Crippen LogP contribution in [0.4, 0.5) is 0 Å². The van der Waals surface area contributed by atoms with Crippen molar-refractivity contribution in [2.75, 3.05) is 39.9 Å². The first-order chi connectivity index (χ1) is 12.1. The number of nitrogens with one attached hydrogen (secondary N) is 2. The minimum Gasteiger partial charge on any atom is -0.385 e. The van der Waals surface area contributed by atoms with Crippen LogP contribution in [0.2, 0.25) is 0 Å². The van der Waals surface area contributed by atoms with E-state index in [-0.39, 0.29) is 24.0 Å². The number of aromatic nitrogens is 1. The van der Waals surface area contributed by atoms with Crippen molar-refractivity contribution in [3.63, 3.8) is 0 Å². The van der Waals surface area contributed by atoms with Gasteiger partial charge >= 0.3 is 0 Å². The monoisotopic (exact) mass is 495 g/mol. The molecule has 1 aliphatic heterocycles. The molecule has 6 nitrogen and oxygen atoms in total. The maximum atomic E-state index is 5.14. The predicted molar refractivity (Wildman–Crippen MR) is 121 cm³/mol. The van der Waals surface area contributed by atoms with Crippen molar-refractivity contribution in [2.45, 2.75) is 52.6 Å². The molecule has 0 radical (unpaired) electrons. The number of guanidine groups is 1. The standard InChI is InChI=1S/C18H33N5OS.HI/c1-5-19-18(20-13-17-21-14(2)15(3)25-17)22-16-7-10-23(11-8-16)9-6-12-24-4;/h16H,5-13H2,1-4H3,(H2,19,20,22);1H. The number of aryl methyl sites for hydroxylation is 2. The molecule has 1 aromatic heterocycles. The van der Waals surface area contributed by atoms with Gasteiger partial charge in [0.15, 0.2) is 5.96 Å². The number of piperidine rings is 1. The van der Waals surface area contributed by atoms with Gasteiger partial charge in [0.25, 0.3) is 0 Å². The summed E-state index contributed by atoms with van der Waals surface area (Å²) in [7, 11) is 1.77. The predicted octanol–water partition coefficient (Wildman–Crippen LogP) is 2.93. The average molecular weight is 495 g/mol. The van der Waals surface area contributed by atoms with E-state index in [0.717, 1.165) is 68.7 Å². The Morgan fingerprint density at radius 1 is 1.35 bits per heavy atom. The van der Waals surface area contributed by atoms with Crippen LogP contribution in [-0.4, -0.2) is 61.8 Å². The normalized spacial score (nSPS) is 16.4. The van der Waals surface area contributed by atoms with Gasteiger partial charge in [-0.1, -0.05) is 0 Å². The lowest BCUT2D eigenvalue weighted by molar-refractivity contribution is 0.155. The molecule has 2 N–H and O–H groups in total. The number of nitrogens with zero attached hydrogens (tertiary/aromatic N) is 3. The van der Waals surface area contributed by atoms with E-state index in [1.54, 1.807) is 18.4 Å². The summed E-state index contributed by atoms with van der Waals surface area (Å²) in [6.45, 7) is 12.1. The highest BCUT2D eigenvalue weighted by atomic mass is 127. The Kier molecular flexibility index (Phi) is 11.7. The van der Waals surface area contributed by atoms with Gasteiger partial charge in [-0.3, -0.25) is 0 Å². The van der Waals surface area contributed by atoms with Crippen molar-refractivity contribution in [2.24, 2.45) is 4.99 Å². The molecule has 0 unspecified atom stereocenters. The van der Waals surface area contributed by atoms with Gasteiger partial charge in [0.1, 0.15) is 5.01 Å². The summed E-state index contributed by atoms with van der Waals surface area (Å²) in [5, 5.41) is 8.04. The molecule has 2 heterocycles. The Hall–Kier alpha value is -0.450. The first-order valence-corrected chi connectivity index (χ1v) is 10.1. The molecule has 0 amide bonds. The van der Waals surface area contributed by atoms with E-state index in [4.69, 9.17) is 9.73 Å². The lowest BCUT2D eigenvalue weighted by atomic mass is 10.1. The Labute approximate surface area is 179 Å². The summed E-state index contributed by atoms with van der Waals surface area (Å²) >= 11 is 1.74. The molecule has 26 heavy (non-hydrogen) atoms. The van der Waals surface area contributed by atoms with Crippen LogP contribution in [0, 0.1) is 13.8 Å². The number of aliphatic imine (C=N–C) groups is 1. The molecular weight excluding hydrogens is 461 g/mol. The second kappa shape index (κ2) is 12.9. The third-order valence-corrected chi connectivity index (χ3v) is 5.60. The van der Waals surface area contributed by atoms with Crippen LogP contribution in [0.5, 0.6) is 0 Å². The van der Waals surface area contributed by atoms with E-state index >= 15 is 0 Å². The Morgan fingerprint density at radius 3 is 2.65 bits per heavy atom. The van der Waals surface area contributed by atoms with Crippen LogP contribution < -0.4 is 10.6 Å². The first-order valence-electron chi connectivity index (χ1n) is 9.31. The topological polar surface area (TPSA) is 61.8 Å². The Morgan fingerprint density at radius 2 is 2.08 bits per heavy atom. The molecular formula is C18H34IN5OS. The molecule has 0 aliphatic carbocycles. The Balaban J connectivity index is 0.00000338. The van der Waals surface area contributed by atoms with Crippen LogP contribution >= 0.6 is 35.3 Å². The SMILES string of the molecule is CCNC(=NCc1nc(C)c(C)s1)NC1CCN(CCCOC)CC1.I. The van der Waals surface area contributed by atoms with Crippen LogP contribution in [0.1, 0.15) is 41.8 Å². The van der Waals surface area contributed by atoms with E-state index < -0.39 is 0 Å². The van der Waals surface area contributed by atoms with Gasteiger partial charge < -0.3 is 20.3 Å². The van der Waals surface area contributed by atoms with Gasteiger partial charge in [-0.2, -0.15) is 0 Å². The van der Waals surface area contributed by atoms with Crippen molar-refractivity contribution in [3.8, 4) is 0 Å². The summed E-state index contributed by atoms with van der Waals surface area (Å²) in [5.41, 5.74) is 1.12. The van der Waals surface area contributed by atoms with Crippen molar-refractivity contribution in [3.05, 3.63) is 15.6 Å². The summed E-state index contributed by atoms with van der Waals surface area (Å²) in [4.78, 5) is 13.1. The molecule has 0 spiro atoms. The molecule has 0 bridgehead atoms. The highest BCUT2D eigenvalue weighted by Crippen LogP contribution is 2.17. The van der Waals surface area contributed by atoms with Gasteiger partial charge in [0.05, 0.1) is 12.2 Å². The third-order valence-electron chi connectivity index (χ3n) is 4.54. The molecule has 0 saturated carbocycles. The number of ether oxygens (including phenoxy) is 1. The van der Waals surface area contributed by atoms with E-state index in [2.05, 4.69) is 41.3 Å². The fourth-order valence-corrected chi connectivity index (χ4v) is 3.86. The molecule has 0 aromatic carbocycles. The maximum absolute atomic E-state index is 5.14. The van der Waals surface area contributed by atoms with Gasteiger partial charge in [-0.15, -0.1) is 35.3 Å². The second-order valence-electron chi connectivity index (χ2n) is 6.55. The van der Waals surface area contributed by atoms with Gasteiger partial charge in [-0.25, -0.2) is 9.98 Å². The van der Waals surface area contributed by atoms with Crippen molar-refractivity contribution < 1.29 is 4.74 Å². The molecule has 2 rings (SSSR count). The largest absolute Gasteiger partial charge is 0.385 e. The van der Waals surface area contributed by atoms with Crippen LogP contribution in [0.25, 0.3) is 0 Å². The zero-order valence-electron chi connectivity index (χ0n) is 16.5. The van der Waals surface area contributed by atoms with E-state index in [1.165, 1.54) is 4.88 Å². The number of thiazole rings is 1. The summed E-state index contributed by atoms with van der Waals surface area (Å²) in [6, 6.07) is 0.497. The van der Waals surface area contributed by atoms with Gasteiger partial charge in [-0.05, 0) is 40.0 Å². The van der Waals surface area contributed by atoms with Crippen LogP contribution in [0.15, 0.2) is 4.99 Å². The molecule has 1 saturated heterocycles. The molecule has 0 atom stereocenters. The zero-order chi connectivity index (χ0) is 18.1. The van der Waals surface area contributed by atoms with Gasteiger partial charge in [0, 0.05) is 50.8 Å². The Bertz CT molecular complexity index is 524. The van der Waals surface area contributed by atoms with Crippen LogP contribution in [0.3, 0.4) is 0 Å². The average Bonchev–Trinajstić information content (AvgIpc) is 2.93. The van der Waals surface area contributed by atoms with E-state index in [0.29, 0.717) is 12.6 Å². The summed E-state index contributed by atoms with van der Waals surface area (Å²) in [6.07, 6.45) is 3.44. The molecule has 150 valence electrons. The van der Waals surface area contributed by atoms with Crippen LogP contribution in [-0.2, 0) is 11.3 Å². The smallest absolute Gasteiger partial charge is 0.191 e.